The van der Waals surface area contributed by atoms with Gasteiger partial charge in [-0.1, -0.05) is 18.6 Å². The summed E-state index contributed by atoms with van der Waals surface area (Å²) >= 11 is 0. The Hall–Kier alpha value is -2.43. The molecule has 4 nitrogen and oxygen atoms in total. The normalized spacial score (nSPS) is 18.0. The summed E-state index contributed by atoms with van der Waals surface area (Å²) < 4.78 is 13.0. The van der Waals surface area contributed by atoms with E-state index in [2.05, 4.69) is 33.8 Å². The van der Waals surface area contributed by atoms with Gasteiger partial charge in [0.05, 0.1) is 11.6 Å². The van der Waals surface area contributed by atoms with Gasteiger partial charge in [0.25, 0.3) is 0 Å². The van der Waals surface area contributed by atoms with Crippen LogP contribution < -0.4 is 10.6 Å². The van der Waals surface area contributed by atoms with Crippen LogP contribution in [0.3, 0.4) is 0 Å². The molecule has 2 heterocycles. The zero-order chi connectivity index (χ0) is 16.6. The number of pyridine rings is 1. The molecule has 1 aromatic heterocycles. The first-order valence-electron chi connectivity index (χ1n) is 8.48. The van der Waals surface area contributed by atoms with Crippen LogP contribution in [0.2, 0.25) is 0 Å². The molecule has 1 saturated carbocycles. The first-order valence-corrected chi connectivity index (χ1v) is 8.48. The minimum absolute atomic E-state index is 0.0448. The predicted octanol–water partition coefficient (Wildman–Crippen LogP) is 3.64. The number of hydrogen-bond donors (Lipinski definition) is 2. The first-order chi connectivity index (χ1) is 11.7. The van der Waals surface area contributed by atoms with Gasteiger partial charge in [0.15, 0.2) is 0 Å². The predicted molar refractivity (Wildman–Crippen MR) is 91.6 cm³/mol. The number of amides is 1. The Balaban J connectivity index is 1.61. The Labute approximate surface area is 140 Å². The number of halogens is 1. The van der Waals surface area contributed by atoms with Crippen molar-refractivity contribution in [1.29, 1.82) is 0 Å². The second kappa shape index (κ2) is 5.89. The summed E-state index contributed by atoms with van der Waals surface area (Å²) in [6.07, 6.45) is 6.01. The quantitative estimate of drug-likeness (QED) is 0.906. The first kappa shape index (κ1) is 15.1. The van der Waals surface area contributed by atoms with E-state index in [-0.39, 0.29) is 5.91 Å². The maximum Gasteiger partial charge on any atom is 0.236 e. The fraction of sp³-hybridized carbons (Fsp3) is 0.368. The smallest absolute Gasteiger partial charge is 0.236 e. The number of nitrogens with one attached hydrogen (secondary N) is 2. The topological polar surface area (TPSA) is 54.0 Å². The van der Waals surface area contributed by atoms with Crippen LogP contribution in [-0.4, -0.2) is 17.4 Å². The highest BCUT2D eigenvalue weighted by molar-refractivity contribution is 5.99. The highest BCUT2D eigenvalue weighted by Crippen LogP contribution is 2.45. The maximum atomic E-state index is 13.0. The molecule has 1 aromatic carbocycles. The lowest BCUT2D eigenvalue weighted by Gasteiger charge is -2.41. The van der Waals surface area contributed by atoms with E-state index in [1.54, 1.807) is 0 Å². The summed E-state index contributed by atoms with van der Waals surface area (Å²) in [5, 5.41) is 6.26. The number of carbonyl (C=O) groups is 1. The van der Waals surface area contributed by atoms with Crippen LogP contribution in [0.25, 0.3) is 0 Å². The Morgan fingerprint density at radius 3 is 2.79 bits per heavy atom. The summed E-state index contributed by atoms with van der Waals surface area (Å²) in [5.74, 6) is -0.0579. The molecule has 2 aromatic rings. The van der Waals surface area contributed by atoms with Crippen molar-refractivity contribution in [3.63, 3.8) is 0 Å². The van der Waals surface area contributed by atoms with Gasteiger partial charge in [-0.15, -0.1) is 0 Å². The summed E-state index contributed by atoms with van der Waals surface area (Å²) in [6.45, 7) is 1.01. The van der Waals surface area contributed by atoms with Crippen molar-refractivity contribution in [2.75, 3.05) is 17.2 Å². The molecular weight excluding hydrogens is 305 g/mol. The molecule has 0 saturated heterocycles. The highest BCUT2D eigenvalue weighted by atomic mass is 19.1. The molecule has 1 aliphatic carbocycles. The number of benzene rings is 1. The summed E-state index contributed by atoms with van der Waals surface area (Å²) in [6, 6.07) is 9.14. The number of aromatic nitrogens is 1. The van der Waals surface area contributed by atoms with Crippen molar-refractivity contribution in [2.24, 2.45) is 0 Å². The Morgan fingerprint density at radius 2 is 2.08 bits per heavy atom. The highest BCUT2D eigenvalue weighted by Gasteiger charge is 2.46. The van der Waals surface area contributed by atoms with E-state index in [9.17, 15) is 9.18 Å². The van der Waals surface area contributed by atoms with Crippen molar-refractivity contribution in [1.82, 2.24) is 4.98 Å². The van der Waals surface area contributed by atoms with Crippen LogP contribution in [0.1, 0.15) is 36.8 Å². The van der Waals surface area contributed by atoms with Gasteiger partial charge in [0.2, 0.25) is 5.91 Å². The molecule has 0 unspecified atom stereocenters. The Kier molecular flexibility index (Phi) is 3.71. The number of carbonyl (C=O) groups excluding carboxylic acids is 1. The molecule has 1 amide bonds. The van der Waals surface area contributed by atoms with Gasteiger partial charge in [0.1, 0.15) is 11.6 Å². The maximum absolute atomic E-state index is 13.0. The lowest BCUT2D eigenvalue weighted by Crippen LogP contribution is -2.46. The standard InChI is InChI=1S/C19H20FN3O/c20-15-5-7-17(22-12-15)23-18(24)19(8-2-9-19)14-4-6-16-13(11-14)3-1-10-21-16/h4-7,11-12,21H,1-3,8-10H2,(H,22,23,24). The lowest BCUT2D eigenvalue weighted by molar-refractivity contribution is -0.124. The van der Waals surface area contributed by atoms with E-state index in [1.165, 1.54) is 23.4 Å². The van der Waals surface area contributed by atoms with E-state index >= 15 is 0 Å². The van der Waals surface area contributed by atoms with E-state index in [4.69, 9.17) is 0 Å². The average molecular weight is 325 g/mol. The minimum Gasteiger partial charge on any atom is -0.385 e. The fourth-order valence-electron chi connectivity index (χ4n) is 3.64. The van der Waals surface area contributed by atoms with Crippen molar-refractivity contribution in [2.45, 2.75) is 37.5 Å². The van der Waals surface area contributed by atoms with Crippen LogP contribution in [-0.2, 0) is 16.6 Å². The van der Waals surface area contributed by atoms with Crippen LogP contribution in [0, 0.1) is 5.82 Å². The number of nitrogens with zero attached hydrogens (tertiary/aromatic N) is 1. The van der Waals surface area contributed by atoms with Crippen molar-refractivity contribution in [3.8, 4) is 0 Å². The largest absolute Gasteiger partial charge is 0.385 e. The molecule has 0 atom stereocenters. The average Bonchev–Trinajstić information content (AvgIpc) is 2.56. The second-order valence-corrected chi connectivity index (χ2v) is 6.65. The molecule has 0 bridgehead atoms. The summed E-state index contributed by atoms with van der Waals surface area (Å²) in [5.41, 5.74) is 3.07. The third-order valence-electron chi connectivity index (χ3n) is 5.21. The van der Waals surface area contributed by atoms with Crippen molar-refractivity contribution in [3.05, 3.63) is 53.5 Å². The van der Waals surface area contributed by atoms with Crippen LogP contribution in [0.15, 0.2) is 36.5 Å². The zero-order valence-corrected chi connectivity index (χ0v) is 13.4. The molecule has 1 fully saturated rings. The van der Waals surface area contributed by atoms with Crippen LogP contribution in [0.5, 0.6) is 0 Å². The van der Waals surface area contributed by atoms with Crippen molar-refractivity contribution >= 4 is 17.4 Å². The van der Waals surface area contributed by atoms with Gasteiger partial charge < -0.3 is 10.6 Å². The molecule has 2 N–H and O–H groups in total. The summed E-state index contributed by atoms with van der Waals surface area (Å²) in [4.78, 5) is 16.8. The molecule has 24 heavy (non-hydrogen) atoms. The zero-order valence-electron chi connectivity index (χ0n) is 13.4. The van der Waals surface area contributed by atoms with Crippen molar-refractivity contribution < 1.29 is 9.18 Å². The third kappa shape index (κ3) is 2.54. The Bertz CT molecular complexity index is 769. The second-order valence-electron chi connectivity index (χ2n) is 6.65. The molecular formula is C19H20FN3O. The molecule has 5 heteroatoms. The number of rotatable bonds is 3. The molecule has 0 spiro atoms. The molecule has 1 aliphatic heterocycles. The third-order valence-corrected chi connectivity index (χ3v) is 5.21. The van der Waals surface area contributed by atoms with E-state index in [0.717, 1.165) is 50.4 Å². The van der Waals surface area contributed by atoms with Gasteiger partial charge in [-0.05, 0) is 55.0 Å². The fourth-order valence-corrected chi connectivity index (χ4v) is 3.64. The molecule has 4 rings (SSSR count). The van der Waals surface area contributed by atoms with E-state index in [1.807, 2.05) is 0 Å². The SMILES string of the molecule is O=C(Nc1ccc(F)cn1)C1(c2ccc3c(c2)CCCN3)CCC1. The minimum atomic E-state index is -0.484. The Morgan fingerprint density at radius 1 is 1.21 bits per heavy atom. The lowest BCUT2D eigenvalue weighted by atomic mass is 9.63. The van der Waals surface area contributed by atoms with E-state index in [0.29, 0.717) is 5.82 Å². The molecule has 124 valence electrons. The number of aryl methyl sites for hydroxylation is 1. The number of hydrogen-bond acceptors (Lipinski definition) is 3. The van der Waals surface area contributed by atoms with Crippen LogP contribution >= 0.6 is 0 Å². The number of fused-ring (bicyclic) bond motifs is 1. The van der Waals surface area contributed by atoms with Gasteiger partial charge >= 0.3 is 0 Å². The van der Waals surface area contributed by atoms with Gasteiger partial charge in [-0.3, -0.25) is 4.79 Å². The van der Waals surface area contributed by atoms with Gasteiger partial charge in [-0.2, -0.15) is 0 Å². The van der Waals surface area contributed by atoms with Gasteiger partial charge in [-0.25, -0.2) is 9.37 Å². The molecule has 2 aliphatic rings. The summed E-state index contributed by atoms with van der Waals surface area (Å²) in [7, 11) is 0. The van der Waals surface area contributed by atoms with Crippen LogP contribution in [0.4, 0.5) is 15.9 Å². The number of anilines is 2. The van der Waals surface area contributed by atoms with E-state index < -0.39 is 11.2 Å². The monoisotopic (exact) mass is 325 g/mol. The van der Waals surface area contributed by atoms with Gasteiger partial charge in [0, 0.05) is 12.2 Å². The molecule has 0 radical (unpaired) electrons.